The fourth-order valence-electron chi connectivity index (χ4n) is 5.48. The molecule has 9 heteroatoms. The zero-order valence-electron chi connectivity index (χ0n) is 21.0. The van der Waals surface area contributed by atoms with Crippen LogP contribution in [0.15, 0.2) is 71.4 Å². The van der Waals surface area contributed by atoms with Crippen molar-refractivity contribution in [1.29, 1.82) is 0 Å². The predicted molar refractivity (Wildman–Crippen MR) is 145 cm³/mol. The fraction of sp³-hybridized carbons (Fsp3) is 0.310. The number of fused-ring (bicyclic) bond motifs is 2. The molecule has 0 radical (unpaired) electrons. The molecule has 9 nitrogen and oxygen atoms in total. The molecule has 38 heavy (non-hydrogen) atoms. The van der Waals surface area contributed by atoms with Crippen molar-refractivity contribution in [3.8, 4) is 17.3 Å². The van der Waals surface area contributed by atoms with Crippen LogP contribution in [0.2, 0.25) is 0 Å². The summed E-state index contributed by atoms with van der Waals surface area (Å²) in [6.45, 7) is 4.12. The van der Waals surface area contributed by atoms with Gasteiger partial charge in [0.05, 0.1) is 18.2 Å². The van der Waals surface area contributed by atoms with Crippen molar-refractivity contribution in [1.82, 2.24) is 19.6 Å². The number of furan rings is 1. The van der Waals surface area contributed by atoms with Crippen molar-refractivity contribution in [2.24, 2.45) is 5.92 Å². The van der Waals surface area contributed by atoms with Crippen LogP contribution in [0.1, 0.15) is 19.3 Å². The first-order valence-corrected chi connectivity index (χ1v) is 13.1. The molecule has 0 spiro atoms. The van der Waals surface area contributed by atoms with Crippen LogP contribution in [-0.2, 0) is 4.79 Å². The Morgan fingerprint density at radius 2 is 1.82 bits per heavy atom. The summed E-state index contributed by atoms with van der Waals surface area (Å²) in [6.07, 6.45) is 5.70. The molecule has 0 N–H and O–H groups in total. The van der Waals surface area contributed by atoms with E-state index in [0.717, 1.165) is 55.1 Å². The zero-order chi connectivity index (χ0) is 25.5. The molecule has 7 rings (SSSR count). The van der Waals surface area contributed by atoms with Crippen LogP contribution in [0.25, 0.3) is 28.1 Å². The summed E-state index contributed by atoms with van der Waals surface area (Å²) in [7, 11) is 0. The number of nitrogens with zero attached hydrogens (tertiary/aromatic N) is 6. The number of hydrogen-bond acceptors (Lipinski definition) is 8. The van der Waals surface area contributed by atoms with Crippen molar-refractivity contribution in [3.05, 3.63) is 67.0 Å². The molecule has 1 aliphatic carbocycles. The first-order valence-electron chi connectivity index (χ1n) is 13.1. The Morgan fingerprint density at radius 3 is 2.63 bits per heavy atom. The number of piperazine rings is 1. The lowest BCUT2D eigenvalue weighted by molar-refractivity contribution is -0.117. The number of ketones is 1. The van der Waals surface area contributed by atoms with Gasteiger partial charge in [0.2, 0.25) is 5.88 Å². The van der Waals surface area contributed by atoms with Crippen molar-refractivity contribution >= 4 is 33.9 Å². The van der Waals surface area contributed by atoms with Crippen LogP contribution in [0.3, 0.4) is 0 Å². The number of carbonyl (C=O) groups is 1. The molecule has 0 amide bonds. The van der Waals surface area contributed by atoms with Gasteiger partial charge >= 0.3 is 0 Å². The maximum absolute atomic E-state index is 11.6. The molecule has 0 bridgehead atoms. The molecule has 2 aliphatic rings. The highest BCUT2D eigenvalue weighted by Crippen LogP contribution is 2.34. The van der Waals surface area contributed by atoms with E-state index >= 15 is 0 Å². The third kappa shape index (κ3) is 4.23. The topological polar surface area (TPSA) is 89.0 Å². The number of aromatic nitrogens is 4. The van der Waals surface area contributed by atoms with Crippen molar-refractivity contribution in [2.45, 2.75) is 19.3 Å². The van der Waals surface area contributed by atoms with Gasteiger partial charge in [-0.1, -0.05) is 18.2 Å². The largest absolute Gasteiger partial charge is 0.476 e. The first kappa shape index (κ1) is 22.8. The standard InChI is InChI=1S/C29H28N6O3/c36-22-7-6-20(16-22)19-37-28-9-8-27-31-18-24(35(27)32-28)26-17-23-25(38-26)10-11-30-29(23)34-14-12-33(13-15-34)21-4-2-1-3-5-21/h1-5,8-11,17-18,20H,6-7,12-16,19H2/t20-/m0/s1. The number of ether oxygens (including phenoxy) is 1. The second-order valence-corrected chi connectivity index (χ2v) is 10.0. The van der Waals surface area contributed by atoms with E-state index in [1.807, 2.05) is 30.3 Å². The third-order valence-corrected chi connectivity index (χ3v) is 7.53. The molecule has 1 saturated heterocycles. The molecule has 192 valence electrons. The first-order chi connectivity index (χ1) is 18.7. The maximum atomic E-state index is 11.6. The summed E-state index contributed by atoms with van der Waals surface area (Å²) in [5, 5.41) is 5.64. The molecule has 5 aromatic rings. The maximum Gasteiger partial charge on any atom is 0.231 e. The van der Waals surface area contributed by atoms with E-state index in [0.29, 0.717) is 42.5 Å². The molecule has 2 fully saturated rings. The van der Waals surface area contributed by atoms with Crippen LogP contribution < -0.4 is 14.5 Å². The summed E-state index contributed by atoms with van der Waals surface area (Å²) in [6, 6.07) is 18.2. The summed E-state index contributed by atoms with van der Waals surface area (Å²) >= 11 is 0. The second kappa shape index (κ2) is 9.48. The Bertz CT molecular complexity index is 1600. The van der Waals surface area contributed by atoms with Gasteiger partial charge in [-0.3, -0.25) is 4.79 Å². The highest BCUT2D eigenvalue weighted by Gasteiger charge is 2.24. The zero-order valence-corrected chi connectivity index (χ0v) is 21.0. The lowest BCUT2D eigenvalue weighted by atomic mass is 10.1. The van der Waals surface area contributed by atoms with Gasteiger partial charge in [-0.05, 0) is 36.8 Å². The molecule has 5 heterocycles. The number of hydrogen-bond donors (Lipinski definition) is 0. The monoisotopic (exact) mass is 508 g/mol. The van der Waals surface area contributed by atoms with Gasteiger partial charge in [0.25, 0.3) is 0 Å². The smallest absolute Gasteiger partial charge is 0.231 e. The molecule has 1 atom stereocenters. The number of pyridine rings is 1. The van der Waals surface area contributed by atoms with E-state index in [4.69, 9.17) is 14.1 Å². The van der Waals surface area contributed by atoms with E-state index < -0.39 is 0 Å². The fourth-order valence-corrected chi connectivity index (χ4v) is 5.48. The normalized spacial score (nSPS) is 18.1. The van der Waals surface area contributed by atoms with E-state index in [2.05, 4.69) is 44.1 Å². The van der Waals surface area contributed by atoms with Crippen molar-refractivity contribution in [2.75, 3.05) is 42.6 Å². The number of carbonyl (C=O) groups excluding carboxylic acids is 1. The van der Waals surface area contributed by atoms with E-state index in [9.17, 15) is 4.79 Å². The van der Waals surface area contributed by atoms with Gasteiger partial charge in [0, 0.05) is 62.9 Å². The molecular formula is C29H28N6O3. The van der Waals surface area contributed by atoms with Gasteiger partial charge in [0.15, 0.2) is 11.4 Å². The number of benzene rings is 1. The second-order valence-electron chi connectivity index (χ2n) is 10.0. The summed E-state index contributed by atoms with van der Waals surface area (Å²) in [5.41, 5.74) is 3.49. The van der Waals surface area contributed by atoms with Gasteiger partial charge in [-0.25, -0.2) is 14.5 Å². The SMILES string of the molecule is O=C1CC[C@H](COc2ccc3ncc(-c4cc5c(N6CCN(c7ccccc7)CC6)nccc5o4)n3n2)C1. The lowest BCUT2D eigenvalue weighted by Crippen LogP contribution is -2.46. The number of anilines is 2. The highest BCUT2D eigenvalue weighted by atomic mass is 16.5. The minimum Gasteiger partial charge on any atom is -0.476 e. The number of Topliss-reactive ketones (excluding diaryl/α,β-unsaturated/α-hetero) is 1. The van der Waals surface area contributed by atoms with Gasteiger partial charge in [-0.15, -0.1) is 5.10 Å². The highest BCUT2D eigenvalue weighted by molar-refractivity contribution is 5.92. The summed E-state index contributed by atoms with van der Waals surface area (Å²) in [4.78, 5) is 25.6. The Hall–Kier alpha value is -4.40. The Balaban J connectivity index is 1.13. The quantitative estimate of drug-likeness (QED) is 0.329. The van der Waals surface area contributed by atoms with E-state index in [1.54, 1.807) is 16.9 Å². The van der Waals surface area contributed by atoms with Crippen LogP contribution in [0, 0.1) is 5.92 Å². The van der Waals surface area contributed by atoms with Crippen molar-refractivity contribution < 1.29 is 13.9 Å². The molecule has 1 aromatic carbocycles. The predicted octanol–water partition coefficient (Wildman–Crippen LogP) is 4.61. The van der Waals surface area contributed by atoms with E-state index in [1.165, 1.54) is 5.69 Å². The molecule has 1 saturated carbocycles. The van der Waals surface area contributed by atoms with E-state index in [-0.39, 0.29) is 5.92 Å². The van der Waals surface area contributed by atoms with Crippen LogP contribution >= 0.6 is 0 Å². The minimum absolute atomic E-state index is 0.262. The van der Waals surface area contributed by atoms with Crippen LogP contribution in [0.4, 0.5) is 11.5 Å². The molecule has 4 aromatic heterocycles. The van der Waals surface area contributed by atoms with Gasteiger partial charge in [0.1, 0.15) is 22.9 Å². The molecule has 1 aliphatic heterocycles. The van der Waals surface area contributed by atoms with Crippen LogP contribution in [0.5, 0.6) is 5.88 Å². The average molecular weight is 509 g/mol. The summed E-state index contributed by atoms with van der Waals surface area (Å²) < 4.78 is 14.0. The number of imidazole rings is 1. The Labute approximate surface area is 219 Å². The summed E-state index contributed by atoms with van der Waals surface area (Å²) in [5.74, 6) is 2.69. The number of rotatable bonds is 6. The van der Waals surface area contributed by atoms with Gasteiger partial charge in [-0.2, -0.15) is 0 Å². The Kier molecular flexibility index (Phi) is 5.68. The number of para-hydroxylation sites is 1. The van der Waals surface area contributed by atoms with Crippen LogP contribution in [-0.4, -0.2) is 58.2 Å². The Morgan fingerprint density at radius 1 is 0.974 bits per heavy atom. The molecule has 0 unspecified atom stereocenters. The molecular weight excluding hydrogens is 480 g/mol. The van der Waals surface area contributed by atoms with Crippen molar-refractivity contribution in [3.63, 3.8) is 0 Å². The third-order valence-electron chi connectivity index (χ3n) is 7.53. The minimum atomic E-state index is 0.262. The lowest BCUT2D eigenvalue weighted by Gasteiger charge is -2.36. The average Bonchev–Trinajstić information content (AvgIpc) is 3.70. The van der Waals surface area contributed by atoms with Gasteiger partial charge < -0.3 is 19.0 Å².